The van der Waals surface area contributed by atoms with E-state index in [0.29, 0.717) is 35.7 Å². The van der Waals surface area contributed by atoms with E-state index in [1.165, 1.54) is 6.92 Å². The van der Waals surface area contributed by atoms with Crippen molar-refractivity contribution in [2.24, 2.45) is 5.92 Å². The first-order valence-electron chi connectivity index (χ1n) is 11.2. The number of benzene rings is 1. The molecular formula is C25H32N4O5. The molecule has 3 atom stereocenters. The van der Waals surface area contributed by atoms with Gasteiger partial charge in [-0.3, -0.25) is 19.4 Å². The quantitative estimate of drug-likeness (QED) is 0.743. The molecule has 34 heavy (non-hydrogen) atoms. The lowest BCUT2D eigenvalue weighted by molar-refractivity contribution is -0.114. The molecule has 1 aliphatic heterocycles. The Kier molecular flexibility index (Phi) is 8.22. The van der Waals surface area contributed by atoms with Crippen LogP contribution in [0.15, 0.2) is 42.7 Å². The molecular weight excluding hydrogens is 436 g/mol. The molecule has 0 saturated heterocycles. The third-order valence-electron chi connectivity index (χ3n) is 5.96. The molecule has 9 heteroatoms. The summed E-state index contributed by atoms with van der Waals surface area (Å²) in [5.74, 6) is -0.273. The summed E-state index contributed by atoms with van der Waals surface area (Å²) in [5, 5.41) is 2.71. The third kappa shape index (κ3) is 5.91. The van der Waals surface area contributed by atoms with Crippen molar-refractivity contribution in [1.82, 2.24) is 14.8 Å². The van der Waals surface area contributed by atoms with E-state index >= 15 is 0 Å². The van der Waals surface area contributed by atoms with Crippen LogP contribution in [0, 0.1) is 5.92 Å². The maximum atomic E-state index is 13.4. The van der Waals surface area contributed by atoms with Crippen LogP contribution in [0.5, 0.6) is 5.75 Å². The predicted octanol–water partition coefficient (Wildman–Crippen LogP) is 2.69. The number of pyridine rings is 1. The van der Waals surface area contributed by atoms with Gasteiger partial charge in [-0.2, -0.15) is 0 Å². The van der Waals surface area contributed by atoms with Crippen LogP contribution in [0.25, 0.3) is 0 Å². The molecule has 2 aromatic rings. The topological polar surface area (TPSA) is 101 Å². The average molecular weight is 469 g/mol. The fraction of sp³-hybridized carbons (Fsp3) is 0.440. The Hall–Kier alpha value is -3.46. The summed E-state index contributed by atoms with van der Waals surface area (Å²) < 4.78 is 11.8. The Bertz CT molecular complexity index is 1030. The van der Waals surface area contributed by atoms with Crippen LogP contribution in [-0.4, -0.2) is 78.5 Å². The zero-order valence-electron chi connectivity index (χ0n) is 20.3. The molecule has 9 nitrogen and oxygen atoms in total. The van der Waals surface area contributed by atoms with Gasteiger partial charge in [0.1, 0.15) is 12.4 Å². The Balaban J connectivity index is 2.00. The smallest absolute Gasteiger partial charge is 0.257 e. The van der Waals surface area contributed by atoms with Crippen LogP contribution in [0.1, 0.15) is 41.5 Å². The minimum Gasteiger partial charge on any atom is -0.491 e. The fourth-order valence-corrected chi connectivity index (χ4v) is 4.00. The van der Waals surface area contributed by atoms with Gasteiger partial charge in [-0.25, -0.2) is 0 Å². The van der Waals surface area contributed by atoms with Gasteiger partial charge in [0, 0.05) is 69.8 Å². The van der Waals surface area contributed by atoms with Crippen LogP contribution < -0.4 is 10.1 Å². The second-order valence-electron chi connectivity index (χ2n) is 8.68. The number of fused-ring (bicyclic) bond motifs is 1. The lowest BCUT2D eigenvalue weighted by Crippen LogP contribution is -2.48. The normalized spacial score (nSPS) is 21.6. The SMILES string of the molecule is CO[C@@H]1CN(C)C(=O)c2ccc(NC(C)=O)cc2OC[C@H](C)N(C(=O)c2ccncc2)C[C@@H]1C. The number of ether oxygens (including phenoxy) is 2. The number of rotatable bonds is 3. The molecule has 1 N–H and O–H groups in total. The number of nitrogens with zero attached hydrogens (tertiary/aromatic N) is 3. The number of hydrogen-bond donors (Lipinski definition) is 1. The van der Waals surface area contributed by atoms with Crippen molar-refractivity contribution < 1.29 is 23.9 Å². The lowest BCUT2D eigenvalue weighted by Gasteiger charge is -2.36. The van der Waals surface area contributed by atoms with Crippen molar-refractivity contribution in [3.05, 3.63) is 53.9 Å². The maximum Gasteiger partial charge on any atom is 0.257 e. The van der Waals surface area contributed by atoms with E-state index in [-0.39, 0.29) is 42.4 Å². The van der Waals surface area contributed by atoms with Gasteiger partial charge in [0.2, 0.25) is 5.91 Å². The number of nitrogens with one attached hydrogen (secondary N) is 1. The third-order valence-corrected chi connectivity index (χ3v) is 5.96. The highest BCUT2D eigenvalue weighted by molar-refractivity contribution is 5.98. The Morgan fingerprint density at radius 1 is 1.15 bits per heavy atom. The van der Waals surface area contributed by atoms with E-state index in [0.717, 1.165) is 0 Å². The van der Waals surface area contributed by atoms with Crippen molar-refractivity contribution in [3.8, 4) is 5.75 Å². The van der Waals surface area contributed by atoms with Gasteiger partial charge < -0.3 is 24.6 Å². The monoisotopic (exact) mass is 468 g/mol. The van der Waals surface area contributed by atoms with Crippen LogP contribution in [0.3, 0.4) is 0 Å². The Morgan fingerprint density at radius 2 is 1.85 bits per heavy atom. The summed E-state index contributed by atoms with van der Waals surface area (Å²) in [4.78, 5) is 45.5. The van der Waals surface area contributed by atoms with Crippen LogP contribution in [0.2, 0.25) is 0 Å². The summed E-state index contributed by atoms with van der Waals surface area (Å²) >= 11 is 0. The Morgan fingerprint density at radius 3 is 2.50 bits per heavy atom. The average Bonchev–Trinajstić information content (AvgIpc) is 2.82. The van der Waals surface area contributed by atoms with Crippen molar-refractivity contribution in [2.45, 2.75) is 32.9 Å². The molecule has 0 unspecified atom stereocenters. The molecule has 0 aliphatic carbocycles. The second kappa shape index (κ2) is 11.1. The molecule has 3 rings (SSSR count). The van der Waals surface area contributed by atoms with Gasteiger partial charge in [0.25, 0.3) is 11.8 Å². The van der Waals surface area contributed by atoms with Gasteiger partial charge in [-0.15, -0.1) is 0 Å². The predicted molar refractivity (Wildman–Crippen MR) is 128 cm³/mol. The van der Waals surface area contributed by atoms with E-state index in [4.69, 9.17) is 9.47 Å². The summed E-state index contributed by atoms with van der Waals surface area (Å²) in [6.45, 7) is 6.25. The zero-order valence-corrected chi connectivity index (χ0v) is 20.3. The van der Waals surface area contributed by atoms with Gasteiger partial charge >= 0.3 is 0 Å². The van der Waals surface area contributed by atoms with Crippen molar-refractivity contribution in [3.63, 3.8) is 0 Å². The van der Waals surface area contributed by atoms with E-state index in [1.807, 2.05) is 13.8 Å². The van der Waals surface area contributed by atoms with E-state index < -0.39 is 0 Å². The molecule has 182 valence electrons. The number of anilines is 1. The number of carbonyl (C=O) groups is 3. The molecule has 1 aromatic carbocycles. The number of aromatic nitrogens is 1. The largest absolute Gasteiger partial charge is 0.491 e. The van der Waals surface area contributed by atoms with Gasteiger partial charge in [0.05, 0.1) is 17.7 Å². The number of methoxy groups -OCH3 is 1. The molecule has 0 bridgehead atoms. The van der Waals surface area contributed by atoms with Gasteiger partial charge in [0.15, 0.2) is 0 Å². The molecule has 3 amide bonds. The highest BCUT2D eigenvalue weighted by Crippen LogP contribution is 2.27. The van der Waals surface area contributed by atoms with E-state index in [2.05, 4.69) is 10.3 Å². The van der Waals surface area contributed by atoms with E-state index in [9.17, 15) is 14.4 Å². The molecule has 0 fully saturated rings. The van der Waals surface area contributed by atoms with Crippen molar-refractivity contribution in [1.29, 1.82) is 0 Å². The highest BCUT2D eigenvalue weighted by Gasteiger charge is 2.30. The fourth-order valence-electron chi connectivity index (χ4n) is 4.00. The minimum absolute atomic E-state index is 0.0467. The molecule has 0 radical (unpaired) electrons. The first kappa shape index (κ1) is 25.2. The van der Waals surface area contributed by atoms with Crippen LogP contribution in [-0.2, 0) is 9.53 Å². The maximum absolute atomic E-state index is 13.4. The summed E-state index contributed by atoms with van der Waals surface area (Å²) in [5.41, 5.74) is 1.43. The minimum atomic E-state index is -0.301. The molecule has 2 heterocycles. The molecule has 1 aromatic heterocycles. The highest BCUT2D eigenvalue weighted by atomic mass is 16.5. The number of likely N-dealkylation sites (N-methyl/N-ethyl adjacent to an activating group) is 1. The standard InChI is InChI=1S/C25H32N4O5/c1-16-13-29(24(31)19-8-10-26-11-9-19)17(2)15-34-22-12-20(27-18(3)30)6-7-21(22)25(32)28(4)14-23(16)33-5/h6-12,16-17,23H,13-15H2,1-5H3,(H,27,30)/t16-,17-,23+/m0/s1. The summed E-state index contributed by atoms with van der Waals surface area (Å²) in [7, 11) is 3.32. The van der Waals surface area contributed by atoms with Gasteiger partial charge in [-0.1, -0.05) is 6.92 Å². The molecule has 1 aliphatic rings. The summed E-state index contributed by atoms with van der Waals surface area (Å²) in [6, 6.07) is 8.01. The number of hydrogen-bond acceptors (Lipinski definition) is 6. The Labute approximate surface area is 200 Å². The first-order valence-corrected chi connectivity index (χ1v) is 11.2. The van der Waals surface area contributed by atoms with Crippen molar-refractivity contribution in [2.75, 3.05) is 39.2 Å². The number of carbonyl (C=O) groups excluding carboxylic acids is 3. The first-order chi connectivity index (χ1) is 16.2. The second-order valence-corrected chi connectivity index (χ2v) is 8.68. The summed E-state index contributed by atoms with van der Waals surface area (Å²) in [6.07, 6.45) is 2.90. The zero-order chi connectivity index (χ0) is 24.8. The van der Waals surface area contributed by atoms with Gasteiger partial charge in [-0.05, 0) is 31.2 Å². The van der Waals surface area contributed by atoms with Crippen LogP contribution >= 0.6 is 0 Å². The number of amides is 3. The molecule has 0 saturated carbocycles. The lowest BCUT2D eigenvalue weighted by atomic mass is 10.0. The van der Waals surface area contributed by atoms with E-state index in [1.54, 1.807) is 66.7 Å². The van der Waals surface area contributed by atoms with Crippen LogP contribution in [0.4, 0.5) is 5.69 Å². The van der Waals surface area contributed by atoms with Crippen molar-refractivity contribution >= 4 is 23.4 Å². The molecule has 0 spiro atoms.